The maximum atomic E-state index is 11.9. The molecule has 0 saturated heterocycles. The number of nitrogens with zero attached hydrogens (tertiary/aromatic N) is 4. The molecule has 0 bridgehead atoms. The van der Waals surface area contributed by atoms with Crippen molar-refractivity contribution in [3.63, 3.8) is 0 Å². The summed E-state index contributed by atoms with van der Waals surface area (Å²) < 4.78 is 0. The molecule has 0 aromatic carbocycles. The Morgan fingerprint density at radius 1 is 1.38 bits per heavy atom. The zero-order chi connectivity index (χ0) is 15.7. The van der Waals surface area contributed by atoms with E-state index in [2.05, 4.69) is 4.98 Å². The standard InChI is InChI=1S/C15H20N4O2/c1-10(20)12(9-17(2)3)13-6-11-8-18(4)15(21)19(5)14(11)7-16-13/h6-7,9H,8H2,1-5H3. The van der Waals surface area contributed by atoms with Gasteiger partial charge in [0.15, 0.2) is 5.78 Å². The average molecular weight is 288 g/mol. The quantitative estimate of drug-likeness (QED) is 0.792. The molecule has 6 nitrogen and oxygen atoms in total. The number of Topliss-reactive ketones (excluding diaryl/α,β-unsaturated/α-hetero) is 1. The Morgan fingerprint density at radius 3 is 2.62 bits per heavy atom. The van der Waals surface area contributed by atoms with Crippen molar-refractivity contribution in [3.8, 4) is 0 Å². The minimum Gasteiger partial charge on any atom is -0.383 e. The molecule has 21 heavy (non-hydrogen) atoms. The molecule has 2 amide bonds. The van der Waals surface area contributed by atoms with Gasteiger partial charge in [0.1, 0.15) is 0 Å². The molecule has 0 unspecified atom stereocenters. The number of carbonyl (C=O) groups is 2. The van der Waals surface area contributed by atoms with E-state index in [-0.39, 0.29) is 11.8 Å². The molecule has 0 fully saturated rings. The van der Waals surface area contributed by atoms with Gasteiger partial charge in [-0.25, -0.2) is 4.79 Å². The predicted octanol–water partition coefficient (Wildman–Crippen LogP) is 1.57. The first-order valence-corrected chi connectivity index (χ1v) is 6.68. The first-order valence-electron chi connectivity index (χ1n) is 6.68. The van der Waals surface area contributed by atoms with Gasteiger partial charge in [-0.1, -0.05) is 0 Å². The van der Waals surface area contributed by atoms with Crippen molar-refractivity contribution < 1.29 is 9.59 Å². The van der Waals surface area contributed by atoms with E-state index in [1.807, 2.05) is 25.1 Å². The Morgan fingerprint density at radius 2 is 2.05 bits per heavy atom. The highest BCUT2D eigenvalue weighted by Gasteiger charge is 2.26. The zero-order valence-electron chi connectivity index (χ0n) is 13.0. The second kappa shape index (κ2) is 5.55. The fourth-order valence-corrected chi connectivity index (χ4v) is 2.34. The molecule has 6 heteroatoms. The third kappa shape index (κ3) is 2.89. The number of fused-ring (bicyclic) bond motifs is 1. The van der Waals surface area contributed by atoms with E-state index in [9.17, 15) is 9.59 Å². The SMILES string of the molecule is CC(=O)C(=CN(C)C)c1cc2c(cn1)N(C)C(=O)N(C)C2. The smallest absolute Gasteiger partial charge is 0.324 e. The summed E-state index contributed by atoms with van der Waals surface area (Å²) in [7, 11) is 7.20. The zero-order valence-corrected chi connectivity index (χ0v) is 13.0. The van der Waals surface area contributed by atoms with Crippen LogP contribution in [0.4, 0.5) is 10.5 Å². The van der Waals surface area contributed by atoms with Gasteiger partial charge >= 0.3 is 6.03 Å². The van der Waals surface area contributed by atoms with E-state index in [1.54, 1.807) is 36.3 Å². The lowest BCUT2D eigenvalue weighted by molar-refractivity contribution is -0.111. The summed E-state index contributed by atoms with van der Waals surface area (Å²) in [6, 6.07) is 1.82. The Bertz CT molecular complexity index is 622. The number of pyridine rings is 1. The molecule has 1 aromatic rings. The number of aromatic nitrogens is 1. The van der Waals surface area contributed by atoms with Gasteiger partial charge in [-0.05, 0) is 18.6 Å². The van der Waals surface area contributed by atoms with E-state index in [1.165, 1.54) is 6.92 Å². The lowest BCUT2D eigenvalue weighted by atomic mass is 10.0. The molecule has 0 N–H and O–H groups in total. The van der Waals surface area contributed by atoms with Crippen LogP contribution in [0.15, 0.2) is 18.5 Å². The monoisotopic (exact) mass is 288 g/mol. The van der Waals surface area contributed by atoms with Crippen LogP contribution in [0.1, 0.15) is 18.2 Å². The van der Waals surface area contributed by atoms with Crippen molar-refractivity contribution in [2.24, 2.45) is 0 Å². The molecule has 112 valence electrons. The summed E-state index contributed by atoms with van der Waals surface area (Å²) in [5.41, 5.74) is 2.96. The molecule has 2 heterocycles. The molecular formula is C15H20N4O2. The van der Waals surface area contributed by atoms with Crippen LogP contribution < -0.4 is 4.90 Å². The number of ketones is 1. The highest BCUT2D eigenvalue weighted by atomic mass is 16.2. The summed E-state index contributed by atoms with van der Waals surface area (Å²) in [5.74, 6) is -0.0373. The van der Waals surface area contributed by atoms with Gasteiger partial charge in [-0.2, -0.15) is 0 Å². The molecule has 0 spiro atoms. The Balaban J connectivity index is 2.48. The maximum absolute atomic E-state index is 11.9. The van der Waals surface area contributed by atoms with Crippen molar-refractivity contribution >= 4 is 23.1 Å². The second-order valence-electron chi connectivity index (χ2n) is 5.46. The first-order chi connectivity index (χ1) is 9.81. The van der Waals surface area contributed by atoms with Crippen LogP contribution >= 0.6 is 0 Å². The Labute approximate surface area is 124 Å². The van der Waals surface area contributed by atoms with Crippen LogP contribution in [0.25, 0.3) is 5.57 Å². The molecule has 1 aromatic heterocycles. The topological polar surface area (TPSA) is 56.8 Å². The van der Waals surface area contributed by atoms with Crippen LogP contribution in [0, 0.1) is 0 Å². The molecular weight excluding hydrogens is 268 g/mol. The summed E-state index contributed by atoms with van der Waals surface area (Å²) in [6.07, 6.45) is 3.42. The van der Waals surface area contributed by atoms with Gasteiger partial charge < -0.3 is 9.80 Å². The Hall–Kier alpha value is -2.37. The number of carbonyl (C=O) groups excluding carboxylic acids is 2. The molecule has 1 aliphatic rings. The van der Waals surface area contributed by atoms with Crippen LogP contribution in [-0.4, -0.2) is 54.8 Å². The van der Waals surface area contributed by atoms with E-state index in [0.717, 1.165) is 11.3 Å². The van der Waals surface area contributed by atoms with Gasteiger partial charge in [0.25, 0.3) is 0 Å². The summed E-state index contributed by atoms with van der Waals surface area (Å²) in [4.78, 5) is 33.1. The minimum atomic E-state index is -0.0623. The average Bonchev–Trinajstić information content (AvgIpc) is 2.41. The minimum absolute atomic E-state index is 0.0373. The summed E-state index contributed by atoms with van der Waals surface area (Å²) in [6.45, 7) is 2.04. The highest BCUT2D eigenvalue weighted by molar-refractivity contribution is 6.18. The van der Waals surface area contributed by atoms with E-state index in [0.29, 0.717) is 17.8 Å². The van der Waals surface area contributed by atoms with E-state index in [4.69, 9.17) is 0 Å². The maximum Gasteiger partial charge on any atom is 0.324 e. The fraction of sp³-hybridized carbons (Fsp3) is 0.400. The number of amides is 2. The van der Waals surface area contributed by atoms with Gasteiger partial charge in [0.05, 0.1) is 23.2 Å². The summed E-state index contributed by atoms with van der Waals surface area (Å²) in [5, 5.41) is 0. The molecule has 0 aliphatic carbocycles. The lowest BCUT2D eigenvalue weighted by Crippen LogP contribution is -2.42. The fourth-order valence-electron chi connectivity index (χ4n) is 2.34. The van der Waals surface area contributed by atoms with Crippen molar-refractivity contribution in [2.45, 2.75) is 13.5 Å². The number of rotatable bonds is 3. The normalized spacial score (nSPS) is 15.1. The Kier molecular flexibility index (Phi) is 3.97. The first kappa shape index (κ1) is 15.0. The van der Waals surface area contributed by atoms with Gasteiger partial charge in [-0.15, -0.1) is 0 Å². The van der Waals surface area contributed by atoms with Crippen molar-refractivity contribution in [1.82, 2.24) is 14.8 Å². The van der Waals surface area contributed by atoms with E-state index >= 15 is 0 Å². The number of anilines is 1. The van der Waals surface area contributed by atoms with Gasteiger partial charge in [0, 0.05) is 40.9 Å². The number of hydrogen-bond acceptors (Lipinski definition) is 4. The third-order valence-corrected chi connectivity index (χ3v) is 3.39. The number of hydrogen-bond donors (Lipinski definition) is 0. The van der Waals surface area contributed by atoms with Gasteiger partial charge in [0.2, 0.25) is 0 Å². The molecule has 2 rings (SSSR count). The van der Waals surface area contributed by atoms with Crippen LogP contribution in [0.2, 0.25) is 0 Å². The largest absolute Gasteiger partial charge is 0.383 e. The predicted molar refractivity (Wildman–Crippen MR) is 81.8 cm³/mol. The van der Waals surface area contributed by atoms with Crippen LogP contribution in [-0.2, 0) is 11.3 Å². The van der Waals surface area contributed by atoms with Crippen LogP contribution in [0.3, 0.4) is 0 Å². The highest BCUT2D eigenvalue weighted by Crippen LogP contribution is 2.28. The van der Waals surface area contributed by atoms with Crippen LogP contribution in [0.5, 0.6) is 0 Å². The van der Waals surface area contributed by atoms with E-state index < -0.39 is 0 Å². The molecule has 1 aliphatic heterocycles. The van der Waals surface area contributed by atoms with Crippen molar-refractivity contribution in [1.29, 1.82) is 0 Å². The van der Waals surface area contributed by atoms with Crippen molar-refractivity contribution in [3.05, 3.63) is 29.7 Å². The lowest BCUT2D eigenvalue weighted by Gasteiger charge is -2.32. The van der Waals surface area contributed by atoms with Crippen molar-refractivity contribution in [2.75, 3.05) is 33.1 Å². The number of allylic oxidation sites excluding steroid dienone is 1. The molecule has 0 saturated carbocycles. The summed E-state index contributed by atoms with van der Waals surface area (Å²) >= 11 is 0. The molecule has 0 radical (unpaired) electrons. The third-order valence-electron chi connectivity index (χ3n) is 3.39. The molecule has 0 atom stereocenters. The second-order valence-corrected chi connectivity index (χ2v) is 5.46. The number of urea groups is 1. The van der Waals surface area contributed by atoms with Gasteiger partial charge in [-0.3, -0.25) is 14.7 Å².